The Bertz CT molecular complexity index is 662. The molecule has 21 heavy (non-hydrogen) atoms. The second-order valence-electron chi connectivity index (χ2n) is 5.25. The van der Waals surface area contributed by atoms with Crippen molar-refractivity contribution in [2.45, 2.75) is 27.7 Å². The molecule has 0 unspecified atom stereocenters. The number of carbonyl (C=O) groups is 1. The maximum absolute atomic E-state index is 11.7. The van der Waals surface area contributed by atoms with Crippen LogP contribution < -0.4 is 10.1 Å². The molecule has 0 aliphatic carbocycles. The van der Waals surface area contributed by atoms with Gasteiger partial charge in [0.2, 0.25) is 5.91 Å². The van der Waals surface area contributed by atoms with Crippen molar-refractivity contribution >= 4 is 22.4 Å². The van der Waals surface area contributed by atoms with Gasteiger partial charge in [-0.15, -0.1) is 11.3 Å². The Kier molecular flexibility index (Phi) is 4.63. The molecule has 1 aromatic heterocycles. The van der Waals surface area contributed by atoms with Gasteiger partial charge in [0.1, 0.15) is 5.75 Å². The first-order valence-corrected chi connectivity index (χ1v) is 7.67. The molecule has 0 spiro atoms. The summed E-state index contributed by atoms with van der Waals surface area (Å²) in [4.78, 5) is 17.4. The molecule has 0 atom stereocenters. The number of ether oxygens (including phenoxy) is 1. The van der Waals surface area contributed by atoms with Gasteiger partial charge in [0.25, 0.3) is 0 Å². The summed E-state index contributed by atoms with van der Waals surface area (Å²) in [6.45, 7) is 7.75. The molecule has 4 nitrogen and oxygen atoms in total. The zero-order chi connectivity index (χ0) is 15.6. The molecule has 1 amide bonds. The summed E-state index contributed by atoms with van der Waals surface area (Å²) in [5.74, 6) is 0.794. The molecule has 5 heteroatoms. The van der Waals surface area contributed by atoms with E-state index in [2.05, 4.69) is 16.4 Å². The summed E-state index contributed by atoms with van der Waals surface area (Å²) < 4.78 is 5.28. The Hall–Kier alpha value is -1.88. The topological polar surface area (TPSA) is 51.2 Å². The number of carbonyl (C=O) groups excluding carboxylic acids is 1. The number of nitrogens with zero attached hydrogens (tertiary/aromatic N) is 1. The van der Waals surface area contributed by atoms with Gasteiger partial charge in [-0.1, -0.05) is 13.8 Å². The van der Waals surface area contributed by atoms with Gasteiger partial charge in [-0.3, -0.25) is 4.79 Å². The van der Waals surface area contributed by atoms with Crippen molar-refractivity contribution in [2.75, 3.05) is 12.4 Å². The average molecular weight is 304 g/mol. The number of hydrogen-bond donors (Lipinski definition) is 1. The highest BCUT2D eigenvalue weighted by Crippen LogP contribution is 2.32. The lowest BCUT2D eigenvalue weighted by molar-refractivity contribution is -0.118. The summed E-state index contributed by atoms with van der Waals surface area (Å²) >= 11 is 1.50. The molecule has 0 saturated carbocycles. The summed E-state index contributed by atoms with van der Waals surface area (Å²) in [7, 11) is 1.66. The fourth-order valence-electron chi connectivity index (χ4n) is 1.99. The summed E-state index contributed by atoms with van der Waals surface area (Å²) in [5, 5.41) is 3.50. The predicted octanol–water partition coefficient (Wildman–Crippen LogP) is 4.03. The number of rotatable bonds is 4. The van der Waals surface area contributed by atoms with Crippen molar-refractivity contribution in [3.05, 3.63) is 28.6 Å². The number of methoxy groups -OCH3 is 1. The third-order valence-corrected chi connectivity index (χ3v) is 4.11. The second kappa shape index (κ2) is 6.26. The van der Waals surface area contributed by atoms with Crippen molar-refractivity contribution in [1.29, 1.82) is 0 Å². The number of amides is 1. The monoisotopic (exact) mass is 304 g/mol. The van der Waals surface area contributed by atoms with Crippen molar-refractivity contribution < 1.29 is 9.53 Å². The van der Waals surface area contributed by atoms with E-state index < -0.39 is 0 Å². The van der Waals surface area contributed by atoms with E-state index >= 15 is 0 Å². The van der Waals surface area contributed by atoms with Gasteiger partial charge in [-0.2, -0.15) is 0 Å². The van der Waals surface area contributed by atoms with Crippen LogP contribution in [-0.2, 0) is 4.79 Å². The number of anilines is 1. The van der Waals surface area contributed by atoms with Crippen LogP contribution in [0.4, 0.5) is 5.13 Å². The minimum Gasteiger partial charge on any atom is -0.496 e. The molecular weight excluding hydrogens is 284 g/mol. The lowest BCUT2D eigenvalue weighted by atomic mass is 10.1. The van der Waals surface area contributed by atoms with Crippen molar-refractivity contribution in [3.63, 3.8) is 0 Å². The zero-order valence-corrected chi connectivity index (χ0v) is 13.8. The van der Waals surface area contributed by atoms with E-state index in [1.807, 2.05) is 39.8 Å². The fraction of sp³-hybridized carbons (Fsp3) is 0.375. The number of hydrogen-bond acceptors (Lipinski definition) is 4. The van der Waals surface area contributed by atoms with Gasteiger partial charge in [-0.05, 0) is 37.6 Å². The maximum atomic E-state index is 11.7. The van der Waals surface area contributed by atoms with Gasteiger partial charge in [0.05, 0.1) is 12.8 Å². The molecule has 0 aliphatic heterocycles. The van der Waals surface area contributed by atoms with E-state index in [4.69, 9.17) is 4.74 Å². The van der Waals surface area contributed by atoms with Gasteiger partial charge in [0.15, 0.2) is 5.13 Å². The Labute approximate surface area is 129 Å². The molecule has 0 aliphatic rings. The number of nitrogens with one attached hydrogen (secondary N) is 1. The molecule has 0 radical (unpaired) electrons. The highest BCUT2D eigenvalue weighted by atomic mass is 32.1. The Morgan fingerprint density at radius 1 is 1.33 bits per heavy atom. The minimum absolute atomic E-state index is 0.0128. The molecule has 0 bridgehead atoms. The van der Waals surface area contributed by atoms with Gasteiger partial charge in [-0.25, -0.2) is 4.98 Å². The van der Waals surface area contributed by atoms with E-state index in [0.717, 1.165) is 27.4 Å². The SMILES string of the molecule is COc1ccc(-c2nc(NC(=O)C(C)C)sc2C)cc1C. The van der Waals surface area contributed by atoms with Crippen LogP contribution in [0.5, 0.6) is 5.75 Å². The molecular formula is C16H20N2O2S. The first-order chi connectivity index (χ1) is 9.92. The number of thiazole rings is 1. The molecule has 0 saturated heterocycles. The third-order valence-electron chi connectivity index (χ3n) is 3.22. The average Bonchev–Trinajstić information content (AvgIpc) is 2.79. The van der Waals surface area contributed by atoms with Gasteiger partial charge in [0, 0.05) is 16.4 Å². The molecule has 1 N–H and O–H groups in total. The zero-order valence-electron chi connectivity index (χ0n) is 13.0. The van der Waals surface area contributed by atoms with Gasteiger partial charge >= 0.3 is 0 Å². The third kappa shape index (κ3) is 3.42. The van der Waals surface area contributed by atoms with E-state index in [1.165, 1.54) is 11.3 Å². The van der Waals surface area contributed by atoms with E-state index in [9.17, 15) is 4.79 Å². The lowest BCUT2D eigenvalue weighted by Gasteiger charge is -2.06. The highest BCUT2D eigenvalue weighted by molar-refractivity contribution is 7.16. The number of benzene rings is 1. The second-order valence-corrected chi connectivity index (χ2v) is 6.46. The smallest absolute Gasteiger partial charge is 0.228 e. The predicted molar refractivity (Wildman–Crippen MR) is 87.0 cm³/mol. The largest absolute Gasteiger partial charge is 0.496 e. The molecule has 2 rings (SSSR count). The van der Waals surface area contributed by atoms with E-state index in [-0.39, 0.29) is 11.8 Å². The summed E-state index contributed by atoms with van der Waals surface area (Å²) in [6, 6.07) is 5.98. The highest BCUT2D eigenvalue weighted by Gasteiger charge is 2.14. The molecule has 1 heterocycles. The minimum atomic E-state index is -0.0547. The van der Waals surface area contributed by atoms with Crippen LogP contribution in [0, 0.1) is 19.8 Å². The van der Waals surface area contributed by atoms with Crippen LogP contribution in [0.15, 0.2) is 18.2 Å². The summed E-state index contributed by atoms with van der Waals surface area (Å²) in [5.41, 5.74) is 3.01. The Morgan fingerprint density at radius 3 is 2.62 bits per heavy atom. The van der Waals surface area contributed by atoms with Crippen LogP contribution in [0.3, 0.4) is 0 Å². The maximum Gasteiger partial charge on any atom is 0.228 e. The number of aryl methyl sites for hydroxylation is 2. The lowest BCUT2D eigenvalue weighted by Crippen LogP contribution is -2.17. The quantitative estimate of drug-likeness (QED) is 0.927. The first kappa shape index (κ1) is 15.5. The molecule has 112 valence electrons. The van der Waals surface area contributed by atoms with Crippen LogP contribution in [0.1, 0.15) is 24.3 Å². The van der Waals surface area contributed by atoms with Crippen molar-refractivity contribution in [3.8, 4) is 17.0 Å². The van der Waals surface area contributed by atoms with Crippen LogP contribution in [0.2, 0.25) is 0 Å². The number of aromatic nitrogens is 1. The Morgan fingerprint density at radius 2 is 2.05 bits per heavy atom. The fourth-order valence-corrected chi connectivity index (χ4v) is 2.83. The first-order valence-electron chi connectivity index (χ1n) is 6.85. The standard InChI is InChI=1S/C16H20N2O2S/c1-9(2)15(19)18-16-17-14(11(4)21-16)12-6-7-13(20-5)10(3)8-12/h6-9H,1-5H3,(H,17,18,19). The van der Waals surface area contributed by atoms with Crippen LogP contribution in [-0.4, -0.2) is 18.0 Å². The van der Waals surface area contributed by atoms with Gasteiger partial charge < -0.3 is 10.1 Å². The van der Waals surface area contributed by atoms with E-state index in [0.29, 0.717) is 5.13 Å². The van der Waals surface area contributed by atoms with E-state index in [1.54, 1.807) is 7.11 Å². The molecule has 2 aromatic rings. The Balaban J connectivity index is 2.30. The van der Waals surface area contributed by atoms with Crippen molar-refractivity contribution in [2.24, 2.45) is 5.92 Å². The normalized spacial score (nSPS) is 10.8. The van der Waals surface area contributed by atoms with Crippen LogP contribution >= 0.6 is 11.3 Å². The molecule has 1 aromatic carbocycles. The summed E-state index contributed by atoms with van der Waals surface area (Å²) in [6.07, 6.45) is 0. The van der Waals surface area contributed by atoms with Crippen LogP contribution in [0.25, 0.3) is 11.3 Å². The van der Waals surface area contributed by atoms with Crippen molar-refractivity contribution in [1.82, 2.24) is 4.98 Å². The molecule has 0 fully saturated rings.